The molecule has 2 rings (SSSR count). The summed E-state index contributed by atoms with van der Waals surface area (Å²) in [6.07, 6.45) is 0. The highest BCUT2D eigenvalue weighted by atomic mass is 79.9. The van der Waals surface area contributed by atoms with Gasteiger partial charge in [0.2, 0.25) is 0 Å². The van der Waals surface area contributed by atoms with Crippen molar-refractivity contribution in [1.82, 2.24) is 10.2 Å². The molecule has 1 saturated heterocycles. The fraction of sp³-hybridized carbons (Fsp3) is 0.500. The quantitative estimate of drug-likeness (QED) is 0.836. The van der Waals surface area contributed by atoms with Crippen LogP contribution < -0.4 is 5.32 Å². The predicted octanol–water partition coefficient (Wildman–Crippen LogP) is 1.64. The molecule has 0 bridgehead atoms. The average Bonchev–Trinajstić information content (AvgIpc) is 2.48. The number of rotatable bonds is 5. The highest BCUT2D eigenvalue weighted by molar-refractivity contribution is 9.08. The normalized spacial score (nSPS) is 16.3. The number of carbonyl (C=O) groups is 1. The Kier molecular flexibility index (Phi) is 5.82. The topological polar surface area (TPSA) is 41.6 Å². The van der Waals surface area contributed by atoms with Gasteiger partial charge in [-0.3, -0.25) is 9.69 Å². The summed E-state index contributed by atoms with van der Waals surface area (Å²) in [6, 6.07) is 7.65. The van der Waals surface area contributed by atoms with Gasteiger partial charge in [-0.15, -0.1) is 0 Å². The van der Waals surface area contributed by atoms with Gasteiger partial charge in [-0.05, 0) is 17.7 Å². The predicted molar refractivity (Wildman–Crippen MR) is 78.7 cm³/mol. The molecular formula is C14H19BrN2O2. The molecule has 1 aromatic carbocycles. The van der Waals surface area contributed by atoms with Gasteiger partial charge in [-0.2, -0.15) is 0 Å². The van der Waals surface area contributed by atoms with Crippen molar-refractivity contribution >= 4 is 21.8 Å². The zero-order valence-corrected chi connectivity index (χ0v) is 12.5. The Hall–Kier alpha value is -0.910. The first-order valence-corrected chi connectivity index (χ1v) is 7.65. The van der Waals surface area contributed by atoms with Crippen molar-refractivity contribution in [1.29, 1.82) is 0 Å². The number of morpholine rings is 1. The van der Waals surface area contributed by atoms with Gasteiger partial charge >= 0.3 is 0 Å². The molecule has 0 saturated carbocycles. The molecule has 1 heterocycles. The summed E-state index contributed by atoms with van der Waals surface area (Å²) in [5, 5.41) is 3.76. The van der Waals surface area contributed by atoms with Crippen LogP contribution in [0.15, 0.2) is 24.3 Å². The average molecular weight is 327 g/mol. The molecule has 0 aliphatic carbocycles. The number of amides is 1. The van der Waals surface area contributed by atoms with E-state index in [1.807, 2.05) is 24.3 Å². The lowest BCUT2D eigenvalue weighted by molar-refractivity contribution is 0.0383. The van der Waals surface area contributed by atoms with Gasteiger partial charge in [0.05, 0.1) is 13.2 Å². The molecule has 1 aliphatic heterocycles. The Morgan fingerprint density at radius 3 is 2.58 bits per heavy atom. The molecule has 5 heteroatoms. The standard InChI is InChI=1S/C14H19BrN2O2/c15-11-12-1-3-13(4-2-12)14(18)16-5-6-17-7-9-19-10-8-17/h1-4H,5-11H2,(H,16,18). The number of alkyl halides is 1. The maximum Gasteiger partial charge on any atom is 0.251 e. The van der Waals surface area contributed by atoms with E-state index in [2.05, 4.69) is 26.1 Å². The zero-order valence-electron chi connectivity index (χ0n) is 10.9. The Morgan fingerprint density at radius 2 is 1.95 bits per heavy atom. The molecule has 0 spiro atoms. The van der Waals surface area contributed by atoms with Crippen LogP contribution in [0.3, 0.4) is 0 Å². The Balaban J connectivity index is 1.73. The van der Waals surface area contributed by atoms with Crippen LogP contribution in [0.1, 0.15) is 15.9 Å². The molecule has 1 N–H and O–H groups in total. The van der Waals surface area contributed by atoms with Crippen LogP contribution in [0, 0.1) is 0 Å². The third-order valence-electron chi connectivity index (χ3n) is 3.19. The van der Waals surface area contributed by atoms with E-state index in [0.29, 0.717) is 12.1 Å². The minimum absolute atomic E-state index is 0.00520. The Labute approximate surface area is 122 Å². The van der Waals surface area contributed by atoms with Crippen molar-refractivity contribution in [2.24, 2.45) is 0 Å². The van der Waals surface area contributed by atoms with Crippen LogP contribution in [0.4, 0.5) is 0 Å². The first kappa shape index (κ1) is 14.5. The summed E-state index contributed by atoms with van der Waals surface area (Å²) < 4.78 is 5.29. The summed E-state index contributed by atoms with van der Waals surface area (Å²) in [7, 11) is 0. The number of nitrogens with one attached hydrogen (secondary N) is 1. The van der Waals surface area contributed by atoms with E-state index in [-0.39, 0.29) is 5.91 Å². The summed E-state index contributed by atoms with van der Waals surface area (Å²) in [5.41, 5.74) is 1.89. The van der Waals surface area contributed by atoms with Crippen LogP contribution in [-0.4, -0.2) is 50.2 Å². The van der Waals surface area contributed by atoms with Gasteiger partial charge in [-0.25, -0.2) is 0 Å². The highest BCUT2D eigenvalue weighted by Crippen LogP contribution is 2.07. The number of benzene rings is 1. The lowest BCUT2D eigenvalue weighted by Gasteiger charge is -2.26. The van der Waals surface area contributed by atoms with Crippen molar-refractivity contribution in [3.63, 3.8) is 0 Å². The zero-order chi connectivity index (χ0) is 13.5. The van der Waals surface area contributed by atoms with Gasteiger partial charge in [-0.1, -0.05) is 28.1 Å². The van der Waals surface area contributed by atoms with Gasteiger partial charge in [0, 0.05) is 37.1 Å². The van der Waals surface area contributed by atoms with Gasteiger partial charge in [0.1, 0.15) is 0 Å². The van der Waals surface area contributed by atoms with Crippen molar-refractivity contribution in [2.45, 2.75) is 5.33 Å². The second-order valence-electron chi connectivity index (χ2n) is 4.54. The molecule has 0 unspecified atom stereocenters. The van der Waals surface area contributed by atoms with Gasteiger partial charge < -0.3 is 10.1 Å². The molecule has 0 atom stereocenters. The highest BCUT2D eigenvalue weighted by Gasteiger charge is 2.10. The summed E-state index contributed by atoms with van der Waals surface area (Å²) in [6.45, 7) is 5.06. The van der Waals surface area contributed by atoms with Crippen molar-refractivity contribution in [3.8, 4) is 0 Å². The Morgan fingerprint density at radius 1 is 1.26 bits per heavy atom. The van der Waals surface area contributed by atoms with Gasteiger partial charge in [0.25, 0.3) is 5.91 Å². The van der Waals surface area contributed by atoms with E-state index in [1.165, 1.54) is 5.56 Å². The molecular weight excluding hydrogens is 308 g/mol. The van der Waals surface area contributed by atoms with E-state index in [0.717, 1.165) is 38.2 Å². The van der Waals surface area contributed by atoms with E-state index in [4.69, 9.17) is 4.74 Å². The monoisotopic (exact) mass is 326 g/mol. The van der Waals surface area contributed by atoms with Crippen molar-refractivity contribution in [3.05, 3.63) is 35.4 Å². The number of nitrogens with zero attached hydrogens (tertiary/aromatic N) is 1. The fourth-order valence-corrected chi connectivity index (χ4v) is 2.37. The van der Waals surface area contributed by atoms with Crippen molar-refractivity contribution in [2.75, 3.05) is 39.4 Å². The largest absolute Gasteiger partial charge is 0.379 e. The molecule has 1 amide bonds. The summed E-state index contributed by atoms with van der Waals surface area (Å²) in [4.78, 5) is 14.2. The smallest absolute Gasteiger partial charge is 0.251 e. The number of ether oxygens (including phenoxy) is 1. The van der Waals surface area contributed by atoms with E-state index in [9.17, 15) is 4.79 Å². The molecule has 0 aromatic heterocycles. The molecule has 104 valence electrons. The van der Waals surface area contributed by atoms with Crippen LogP contribution >= 0.6 is 15.9 Å². The van der Waals surface area contributed by atoms with Crippen LogP contribution in [-0.2, 0) is 10.1 Å². The van der Waals surface area contributed by atoms with Crippen LogP contribution in [0.5, 0.6) is 0 Å². The molecule has 1 aromatic rings. The number of hydrogen-bond acceptors (Lipinski definition) is 3. The molecule has 1 aliphatic rings. The second kappa shape index (κ2) is 7.62. The molecule has 4 nitrogen and oxygen atoms in total. The minimum atomic E-state index is -0.00520. The molecule has 1 fully saturated rings. The maximum atomic E-state index is 11.9. The van der Waals surface area contributed by atoms with E-state index in [1.54, 1.807) is 0 Å². The van der Waals surface area contributed by atoms with Gasteiger partial charge in [0.15, 0.2) is 0 Å². The summed E-state index contributed by atoms with van der Waals surface area (Å²) >= 11 is 3.39. The molecule has 0 radical (unpaired) electrons. The van der Waals surface area contributed by atoms with E-state index >= 15 is 0 Å². The van der Waals surface area contributed by atoms with Crippen molar-refractivity contribution < 1.29 is 9.53 Å². The number of carbonyl (C=O) groups excluding carboxylic acids is 1. The summed E-state index contributed by atoms with van der Waals surface area (Å²) in [5.74, 6) is -0.00520. The van der Waals surface area contributed by atoms with E-state index < -0.39 is 0 Å². The first-order valence-electron chi connectivity index (χ1n) is 6.53. The van der Waals surface area contributed by atoms with Crippen LogP contribution in [0.2, 0.25) is 0 Å². The third kappa shape index (κ3) is 4.60. The lowest BCUT2D eigenvalue weighted by atomic mass is 10.1. The number of halogens is 1. The number of hydrogen-bond donors (Lipinski definition) is 1. The minimum Gasteiger partial charge on any atom is -0.379 e. The lowest BCUT2D eigenvalue weighted by Crippen LogP contribution is -2.41. The first-order chi connectivity index (χ1) is 9.29. The third-order valence-corrected chi connectivity index (χ3v) is 3.84. The SMILES string of the molecule is O=C(NCCN1CCOCC1)c1ccc(CBr)cc1. The Bertz CT molecular complexity index is 402. The molecule has 19 heavy (non-hydrogen) atoms. The maximum absolute atomic E-state index is 11.9. The fourth-order valence-electron chi connectivity index (χ4n) is 2.00. The van der Waals surface area contributed by atoms with Crippen LogP contribution in [0.25, 0.3) is 0 Å². The second-order valence-corrected chi connectivity index (χ2v) is 5.10.